The van der Waals surface area contributed by atoms with Crippen LogP contribution in [0.5, 0.6) is 0 Å². The van der Waals surface area contributed by atoms with E-state index in [1.165, 1.54) is 10.9 Å². The van der Waals surface area contributed by atoms with E-state index < -0.39 is 13.5 Å². The second-order valence-electron chi connectivity index (χ2n) is 4.01. The number of hydrogen-bond donors (Lipinski definition) is 1. The molecule has 0 radical (unpaired) electrons. The van der Waals surface area contributed by atoms with Gasteiger partial charge < -0.3 is 19.5 Å². The van der Waals surface area contributed by atoms with Crippen LogP contribution in [0.2, 0.25) is 0 Å². The average Bonchev–Trinajstić information content (AvgIpc) is 2.88. The Bertz CT molecular complexity index is 483. The number of nitrogens with zero attached hydrogens (tertiary/aromatic N) is 3. The summed E-state index contributed by atoms with van der Waals surface area (Å²) in [6.07, 6.45) is 1.63. The number of primary amides is 1. The second-order valence-corrected chi connectivity index (χ2v) is 6.20. The normalized spacial score (nSPS) is 11.7. The maximum Gasteiger partial charge on any atom is 0.332 e. The van der Waals surface area contributed by atoms with Crippen LogP contribution in [0.4, 0.5) is 0 Å². The predicted molar refractivity (Wildman–Crippen MR) is 75.1 cm³/mol. The summed E-state index contributed by atoms with van der Waals surface area (Å²) in [5, 5.41) is 7.33. The molecule has 0 bridgehead atoms. The molecule has 1 heterocycles. The van der Waals surface area contributed by atoms with Crippen LogP contribution >= 0.6 is 7.60 Å². The molecule has 1 amide bonds. The number of carbonyl (C=O) groups is 1. The van der Waals surface area contributed by atoms with Crippen molar-refractivity contribution in [1.82, 2.24) is 15.0 Å². The highest BCUT2D eigenvalue weighted by molar-refractivity contribution is 7.53. The van der Waals surface area contributed by atoms with E-state index in [-0.39, 0.29) is 18.5 Å². The van der Waals surface area contributed by atoms with Crippen LogP contribution in [0.1, 0.15) is 24.3 Å². The summed E-state index contributed by atoms with van der Waals surface area (Å²) >= 11 is 0. The first-order valence-corrected chi connectivity index (χ1v) is 8.39. The lowest BCUT2D eigenvalue weighted by Gasteiger charge is -2.16. The minimum Gasteiger partial charge on any atom is -0.379 e. The number of hydrogen-bond acceptors (Lipinski definition) is 7. The third-order valence-electron chi connectivity index (χ3n) is 2.42. The second kappa shape index (κ2) is 8.89. The van der Waals surface area contributed by atoms with Gasteiger partial charge in [-0.15, -0.1) is 5.10 Å². The number of nitrogens with two attached hydrogens (primary N) is 1. The van der Waals surface area contributed by atoms with Crippen molar-refractivity contribution in [3.8, 4) is 0 Å². The van der Waals surface area contributed by atoms with Gasteiger partial charge in [-0.2, -0.15) is 0 Å². The molecule has 0 aliphatic rings. The van der Waals surface area contributed by atoms with E-state index >= 15 is 0 Å². The van der Waals surface area contributed by atoms with E-state index in [2.05, 4.69) is 10.3 Å². The zero-order valence-electron chi connectivity index (χ0n) is 12.2. The average molecular weight is 320 g/mol. The molecule has 120 valence electrons. The minimum absolute atomic E-state index is 0.104. The molecular weight excluding hydrogens is 299 g/mol. The highest BCUT2D eigenvalue weighted by Gasteiger charge is 2.22. The van der Waals surface area contributed by atoms with E-state index in [9.17, 15) is 9.36 Å². The fraction of sp³-hybridized carbons (Fsp3) is 0.727. The third kappa shape index (κ3) is 6.34. The smallest absolute Gasteiger partial charge is 0.332 e. The van der Waals surface area contributed by atoms with Gasteiger partial charge in [-0.25, -0.2) is 4.68 Å². The van der Waals surface area contributed by atoms with E-state index in [1.54, 1.807) is 13.8 Å². The lowest BCUT2D eigenvalue weighted by atomic mass is 10.5. The number of ether oxygens (including phenoxy) is 1. The molecule has 0 saturated heterocycles. The number of aromatic nitrogens is 3. The molecule has 2 N–H and O–H groups in total. The molecule has 0 spiro atoms. The Kier molecular flexibility index (Phi) is 7.52. The third-order valence-corrected chi connectivity index (χ3v) is 4.45. The van der Waals surface area contributed by atoms with Gasteiger partial charge in [0.25, 0.3) is 5.91 Å². The monoisotopic (exact) mass is 320 g/mol. The van der Waals surface area contributed by atoms with Gasteiger partial charge in [-0.1, -0.05) is 5.21 Å². The maximum absolute atomic E-state index is 12.1. The van der Waals surface area contributed by atoms with Crippen LogP contribution in [0, 0.1) is 0 Å². The van der Waals surface area contributed by atoms with Crippen LogP contribution < -0.4 is 5.73 Å². The summed E-state index contributed by atoms with van der Waals surface area (Å²) in [6, 6.07) is 0. The first-order valence-electron chi connectivity index (χ1n) is 6.66. The summed E-state index contributed by atoms with van der Waals surface area (Å²) < 4.78 is 29.2. The Morgan fingerprint density at radius 2 is 2.00 bits per heavy atom. The van der Waals surface area contributed by atoms with Crippen LogP contribution in [0.15, 0.2) is 6.20 Å². The quantitative estimate of drug-likeness (QED) is 0.470. The van der Waals surface area contributed by atoms with E-state index in [0.29, 0.717) is 26.4 Å². The number of amides is 1. The molecule has 1 aromatic rings. The largest absolute Gasteiger partial charge is 0.379 e. The summed E-state index contributed by atoms with van der Waals surface area (Å²) in [5.74, 6) is -0.628. The molecule has 0 unspecified atom stereocenters. The molecule has 1 aromatic heterocycles. The standard InChI is InChI=1S/C11H21N4O5P/c1-3-19-21(17,20-4-2)8-7-18-6-5-15-9-10(11(12)16)13-14-15/h9H,3-8H2,1-2H3,(H2,12,16). The molecular formula is C11H21N4O5P. The van der Waals surface area contributed by atoms with Gasteiger partial charge in [-0.3, -0.25) is 9.36 Å². The van der Waals surface area contributed by atoms with Crippen LogP contribution in [0.25, 0.3) is 0 Å². The van der Waals surface area contributed by atoms with Crippen molar-refractivity contribution >= 4 is 13.5 Å². The summed E-state index contributed by atoms with van der Waals surface area (Å²) in [5.41, 5.74) is 5.17. The van der Waals surface area contributed by atoms with Gasteiger partial charge in [-0.05, 0) is 13.8 Å². The SMILES string of the molecule is CCOP(=O)(CCOCCn1cc(C(N)=O)nn1)OCC. The van der Waals surface area contributed by atoms with Crippen LogP contribution in [0.3, 0.4) is 0 Å². The Balaban J connectivity index is 2.26. The minimum atomic E-state index is -3.06. The molecule has 0 aliphatic carbocycles. The zero-order chi connectivity index (χ0) is 15.7. The molecule has 0 fully saturated rings. The van der Waals surface area contributed by atoms with Crippen molar-refractivity contribution in [2.75, 3.05) is 32.6 Å². The highest BCUT2D eigenvalue weighted by Crippen LogP contribution is 2.47. The summed E-state index contributed by atoms with van der Waals surface area (Å²) in [6.45, 7) is 5.15. The molecule has 10 heteroatoms. The van der Waals surface area contributed by atoms with Gasteiger partial charge in [0.05, 0.1) is 45.3 Å². The van der Waals surface area contributed by atoms with Crippen molar-refractivity contribution in [3.63, 3.8) is 0 Å². The summed E-state index contributed by atoms with van der Waals surface area (Å²) in [7, 11) is -3.06. The Labute approximate surface area is 123 Å². The molecule has 1 rings (SSSR count). The van der Waals surface area contributed by atoms with Gasteiger partial charge in [0.1, 0.15) is 0 Å². The molecule has 0 atom stereocenters. The first-order chi connectivity index (χ1) is 10.0. The van der Waals surface area contributed by atoms with E-state index in [1.807, 2.05) is 0 Å². The highest BCUT2D eigenvalue weighted by atomic mass is 31.2. The lowest BCUT2D eigenvalue weighted by molar-refractivity contribution is 0.0995. The lowest BCUT2D eigenvalue weighted by Crippen LogP contribution is -2.12. The number of carbonyl (C=O) groups excluding carboxylic acids is 1. The Morgan fingerprint density at radius 1 is 1.33 bits per heavy atom. The fourth-order valence-corrected chi connectivity index (χ4v) is 2.99. The van der Waals surface area contributed by atoms with Crippen molar-refractivity contribution < 1.29 is 23.1 Å². The molecule has 0 aliphatic heterocycles. The number of rotatable bonds is 11. The fourth-order valence-electron chi connectivity index (χ4n) is 1.52. The van der Waals surface area contributed by atoms with Crippen LogP contribution in [-0.4, -0.2) is 53.5 Å². The van der Waals surface area contributed by atoms with Crippen LogP contribution in [-0.2, 0) is 24.9 Å². The molecule has 9 nitrogen and oxygen atoms in total. The van der Waals surface area contributed by atoms with Crippen molar-refractivity contribution in [1.29, 1.82) is 0 Å². The Morgan fingerprint density at radius 3 is 2.52 bits per heavy atom. The summed E-state index contributed by atoms with van der Waals surface area (Å²) in [4.78, 5) is 10.8. The van der Waals surface area contributed by atoms with Gasteiger partial charge >= 0.3 is 7.60 Å². The zero-order valence-corrected chi connectivity index (χ0v) is 13.1. The van der Waals surface area contributed by atoms with Crippen molar-refractivity contribution in [3.05, 3.63) is 11.9 Å². The Hall–Kier alpha value is -1.28. The van der Waals surface area contributed by atoms with Gasteiger partial charge in [0.2, 0.25) is 0 Å². The van der Waals surface area contributed by atoms with Gasteiger partial charge in [0.15, 0.2) is 5.69 Å². The van der Waals surface area contributed by atoms with E-state index in [4.69, 9.17) is 19.5 Å². The topological polar surface area (TPSA) is 119 Å². The maximum atomic E-state index is 12.1. The van der Waals surface area contributed by atoms with Gasteiger partial charge in [0, 0.05) is 0 Å². The molecule has 21 heavy (non-hydrogen) atoms. The first kappa shape index (κ1) is 17.8. The van der Waals surface area contributed by atoms with Crippen molar-refractivity contribution in [2.45, 2.75) is 20.4 Å². The van der Waals surface area contributed by atoms with E-state index in [0.717, 1.165) is 0 Å². The molecule has 0 saturated carbocycles. The van der Waals surface area contributed by atoms with Crippen molar-refractivity contribution in [2.24, 2.45) is 5.73 Å². The molecule has 0 aromatic carbocycles. The predicted octanol–water partition coefficient (Wildman–Crippen LogP) is 0.660.